The molecule has 2 N–H and O–H groups in total. The summed E-state index contributed by atoms with van der Waals surface area (Å²) in [5, 5.41) is 13.4. The van der Waals surface area contributed by atoms with Gasteiger partial charge in [-0.3, -0.25) is 4.79 Å². The topological polar surface area (TPSA) is 61.7 Å². The van der Waals surface area contributed by atoms with Crippen LogP contribution in [0.15, 0.2) is 47.5 Å². The first kappa shape index (κ1) is 14.1. The minimum atomic E-state index is -1.50. The van der Waals surface area contributed by atoms with E-state index in [1.54, 1.807) is 36.4 Å². The van der Waals surface area contributed by atoms with Crippen molar-refractivity contribution in [2.45, 2.75) is 6.23 Å². The maximum atomic E-state index is 11.8. The first-order valence-corrected chi connectivity index (χ1v) is 6.93. The summed E-state index contributed by atoms with van der Waals surface area (Å²) in [5.74, 6) is -0.611. The molecule has 0 fully saturated rings. The summed E-state index contributed by atoms with van der Waals surface area (Å²) >= 11 is 12.2. The van der Waals surface area contributed by atoms with Crippen LogP contribution in [0.2, 0.25) is 10.0 Å². The number of benzene rings is 2. The summed E-state index contributed by atoms with van der Waals surface area (Å²) in [6.07, 6.45) is -1.50. The summed E-state index contributed by atoms with van der Waals surface area (Å²) in [6, 6.07) is 12.1. The van der Waals surface area contributed by atoms with Crippen LogP contribution in [0, 0.1) is 0 Å². The van der Waals surface area contributed by atoms with Gasteiger partial charge in [-0.1, -0.05) is 41.4 Å². The van der Waals surface area contributed by atoms with Gasteiger partial charge >= 0.3 is 0 Å². The number of nitrogens with one attached hydrogen (secondary N) is 1. The van der Waals surface area contributed by atoms with Gasteiger partial charge in [0.1, 0.15) is 0 Å². The fourth-order valence-corrected chi connectivity index (χ4v) is 2.54. The molecule has 0 aromatic heterocycles. The zero-order chi connectivity index (χ0) is 15.0. The van der Waals surface area contributed by atoms with E-state index < -0.39 is 12.1 Å². The van der Waals surface area contributed by atoms with Crippen LogP contribution < -0.4 is 5.32 Å². The van der Waals surface area contributed by atoms with E-state index in [1.807, 2.05) is 6.07 Å². The lowest BCUT2D eigenvalue weighted by molar-refractivity contribution is -0.123. The van der Waals surface area contributed by atoms with Crippen molar-refractivity contribution in [1.82, 2.24) is 0 Å². The molecule has 1 unspecified atom stereocenters. The number of hydrogen-bond donors (Lipinski definition) is 2. The second-order valence-corrected chi connectivity index (χ2v) is 5.35. The Balaban J connectivity index is 2.25. The monoisotopic (exact) mass is 320 g/mol. The van der Waals surface area contributed by atoms with Crippen LogP contribution in [0.5, 0.6) is 0 Å². The number of aliphatic hydroxyl groups excluding tert-OH is 1. The van der Waals surface area contributed by atoms with Gasteiger partial charge in [0.25, 0.3) is 5.91 Å². The normalized spacial score (nSPS) is 17.6. The Bertz CT molecular complexity index is 759. The van der Waals surface area contributed by atoms with E-state index in [2.05, 4.69) is 10.3 Å². The molecule has 1 amide bonds. The van der Waals surface area contributed by atoms with Crippen LogP contribution in [0.1, 0.15) is 11.1 Å². The third kappa shape index (κ3) is 2.65. The molecule has 0 saturated carbocycles. The number of nitrogens with zero attached hydrogens (tertiary/aromatic N) is 1. The zero-order valence-corrected chi connectivity index (χ0v) is 12.2. The largest absolute Gasteiger partial charge is 0.364 e. The molecule has 0 spiro atoms. The van der Waals surface area contributed by atoms with E-state index in [9.17, 15) is 9.90 Å². The van der Waals surface area contributed by atoms with Gasteiger partial charge in [0.05, 0.1) is 11.4 Å². The number of aliphatic imine (C=N–C) groups is 1. The number of carbonyl (C=O) groups is 1. The van der Waals surface area contributed by atoms with Crippen LogP contribution in [0.4, 0.5) is 5.69 Å². The third-order valence-electron chi connectivity index (χ3n) is 3.11. The molecule has 0 radical (unpaired) electrons. The lowest BCUT2D eigenvalue weighted by atomic mass is 10.0. The molecule has 21 heavy (non-hydrogen) atoms. The molecular formula is C15H10Cl2N2O2. The molecule has 2 aromatic carbocycles. The minimum absolute atomic E-state index is 0.443. The maximum Gasteiger partial charge on any atom is 0.276 e. The quantitative estimate of drug-likeness (QED) is 0.848. The van der Waals surface area contributed by atoms with Gasteiger partial charge in [0.2, 0.25) is 6.23 Å². The number of benzodiazepines with no additional fused rings is 1. The van der Waals surface area contributed by atoms with Gasteiger partial charge < -0.3 is 10.4 Å². The maximum absolute atomic E-state index is 11.8. The highest BCUT2D eigenvalue weighted by Gasteiger charge is 2.25. The first-order chi connectivity index (χ1) is 10.1. The highest BCUT2D eigenvalue weighted by Crippen LogP contribution is 2.29. The molecule has 1 aliphatic rings. The molecule has 0 saturated heterocycles. The van der Waals surface area contributed by atoms with Gasteiger partial charge in [-0.2, -0.15) is 0 Å². The molecule has 106 valence electrons. The predicted molar refractivity (Wildman–Crippen MR) is 83.2 cm³/mol. The molecule has 0 aliphatic carbocycles. The molecule has 3 rings (SSSR count). The van der Waals surface area contributed by atoms with Crippen molar-refractivity contribution in [3.05, 3.63) is 63.6 Å². The van der Waals surface area contributed by atoms with E-state index in [1.165, 1.54) is 0 Å². The molecule has 2 aromatic rings. The van der Waals surface area contributed by atoms with Crippen LogP contribution in [0.25, 0.3) is 0 Å². The van der Waals surface area contributed by atoms with Crippen LogP contribution in [0.3, 0.4) is 0 Å². The van der Waals surface area contributed by atoms with E-state index in [4.69, 9.17) is 23.2 Å². The van der Waals surface area contributed by atoms with Crippen LogP contribution in [-0.2, 0) is 4.79 Å². The Kier molecular flexibility index (Phi) is 3.68. The van der Waals surface area contributed by atoms with E-state index in [0.29, 0.717) is 32.6 Å². The number of halogens is 2. The fourth-order valence-electron chi connectivity index (χ4n) is 2.14. The van der Waals surface area contributed by atoms with Gasteiger partial charge in [-0.15, -0.1) is 0 Å². The highest BCUT2D eigenvalue weighted by molar-refractivity contribution is 6.36. The van der Waals surface area contributed by atoms with Crippen molar-refractivity contribution in [3.8, 4) is 0 Å². The van der Waals surface area contributed by atoms with Gasteiger partial charge in [-0.05, 0) is 24.3 Å². The Morgan fingerprint density at radius 3 is 2.62 bits per heavy atom. The van der Waals surface area contributed by atoms with Crippen molar-refractivity contribution < 1.29 is 9.90 Å². The summed E-state index contributed by atoms with van der Waals surface area (Å²) in [5.41, 5.74) is 2.22. The van der Waals surface area contributed by atoms with Crippen molar-refractivity contribution in [1.29, 1.82) is 0 Å². The van der Waals surface area contributed by atoms with Gasteiger partial charge in [0, 0.05) is 21.2 Å². The molecule has 1 atom stereocenters. The van der Waals surface area contributed by atoms with Crippen LogP contribution in [-0.4, -0.2) is 23.0 Å². The van der Waals surface area contributed by atoms with Crippen LogP contribution >= 0.6 is 23.2 Å². The SMILES string of the molecule is O=C1Nc2cc(Cl)ccc2C(c2ccccc2Cl)=NC1O. The number of amides is 1. The first-order valence-electron chi connectivity index (χ1n) is 6.18. The van der Waals surface area contributed by atoms with E-state index in [0.717, 1.165) is 0 Å². The van der Waals surface area contributed by atoms with Crippen molar-refractivity contribution >= 4 is 40.5 Å². The summed E-state index contributed by atoms with van der Waals surface area (Å²) < 4.78 is 0. The molecule has 6 heteroatoms. The number of fused-ring (bicyclic) bond motifs is 1. The lowest BCUT2D eigenvalue weighted by Gasteiger charge is -2.11. The van der Waals surface area contributed by atoms with Crippen molar-refractivity contribution in [3.63, 3.8) is 0 Å². The molecular weight excluding hydrogens is 311 g/mol. The highest BCUT2D eigenvalue weighted by atomic mass is 35.5. The molecule has 0 bridgehead atoms. The minimum Gasteiger partial charge on any atom is -0.364 e. The summed E-state index contributed by atoms with van der Waals surface area (Å²) in [7, 11) is 0. The van der Waals surface area contributed by atoms with E-state index in [-0.39, 0.29) is 0 Å². The molecule has 4 nitrogen and oxygen atoms in total. The second kappa shape index (κ2) is 5.48. The van der Waals surface area contributed by atoms with Gasteiger partial charge in [0.15, 0.2) is 0 Å². The standard InChI is InChI=1S/C15H10Cl2N2O2/c16-8-5-6-10-12(7-8)18-14(20)15(21)19-13(10)9-3-1-2-4-11(9)17/h1-7,15,21H,(H,18,20). The third-order valence-corrected chi connectivity index (χ3v) is 3.67. The second-order valence-electron chi connectivity index (χ2n) is 4.51. The average molecular weight is 321 g/mol. The smallest absolute Gasteiger partial charge is 0.276 e. The Morgan fingerprint density at radius 2 is 1.86 bits per heavy atom. The number of aliphatic hydroxyl groups is 1. The number of rotatable bonds is 1. The van der Waals surface area contributed by atoms with Crippen molar-refractivity contribution in [2.24, 2.45) is 4.99 Å². The molecule has 1 heterocycles. The Labute approximate surface area is 131 Å². The summed E-state index contributed by atoms with van der Waals surface area (Å²) in [4.78, 5) is 15.9. The van der Waals surface area contributed by atoms with Gasteiger partial charge in [-0.25, -0.2) is 4.99 Å². The zero-order valence-electron chi connectivity index (χ0n) is 10.7. The molecule has 1 aliphatic heterocycles. The number of carbonyl (C=O) groups excluding carboxylic acids is 1. The van der Waals surface area contributed by atoms with Crippen molar-refractivity contribution in [2.75, 3.05) is 5.32 Å². The average Bonchev–Trinajstić information content (AvgIpc) is 2.57. The number of hydrogen-bond acceptors (Lipinski definition) is 3. The number of anilines is 1. The Morgan fingerprint density at radius 1 is 1.10 bits per heavy atom. The predicted octanol–water partition coefficient (Wildman–Crippen LogP) is 3.10. The fraction of sp³-hybridized carbons (Fsp3) is 0.0667. The van der Waals surface area contributed by atoms with E-state index >= 15 is 0 Å². The lowest BCUT2D eigenvalue weighted by Crippen LogP contribution is -2.24. The Hall–Kier alpha value is -1.88. The summed E-state index contributed by atoms with van der Waals surface area (Å²) in [6.45, 7) is 0.